The molecule has 0 unspecified atom stereocenters. The average Bonchev–Trinajstić information content (AvgIpc) is 3.05. The van der Waals surface area contributed by atoms with Gasteiger partial charge in [-0.25, -0.2) is 0 Å². The van der Waals surface area contributed by atoms with Crippen molar-refractivity contribution in [1.82, 2.24) is 0 Å². The molecule has 0 saturated carbocycles. The molecule has 1 aliphatic heterocycles. The third-order valence-electron chi connectivity index (χ3n) is 4.47. The van der Waals surface area contributed by atoms with Gasteiger partial charge in [0.1, 0.15) is 0 Å². The number of thiocarbonyl (C=S) groups is 1. The summed E-state index contributed by atoms with van der Waals surface area (Å²) in [5.41, 5.74) is 0.941. The Labute approximate surface area is 217 Å². The summed E-state index contributed by atoms with van der Waals surface area (Å²) >= 11 is 25.7. The van der Waals surface area contributed by atoms with Crippen molar-refractivity contribution in [3.05, 3.63) is 96.3 Å². The average molecular weight is 554 g/mol. The third-order valence-corrected chi connectivity index (χ3v) is 7.84. The van der Waals surface area contributed by atoms with E-state index in [9.17, 15) is 14.9 Å². The van der Waals surface area contributed by atoms with Crippen LogP contribution in [-0.2, 0) is 4.79 Å². The van der Waals surface area contributed by atoms with Crippen molar-refractivity contribution in [2.75, 3.05) is 4.90 Å². The molecule has 1 saturated heterocycles. The fourth-order valence-corrected chi connectivity index (χ4v) is 5.57. The number of nitro benzene ring substituents is 1. The summed E-state index contributed by atoms with van der Waals surface area (Å²) in [4.78, 5) is 27.2. The number of carbonyl (C=O) groups excluding carboxylic acids is 1. The zero-order valence-corrected chi connectivity index (χ0v) is 21.0. The summed E-state index contributed by atoms with van der Waals surface area (Å²) in [7, 11) is 0. The highest BCUT2D eigenvalue weighted by Gasteiger charge is 2.33. The van der Waals surface area contributed by atoms with Gasteiger partial charge in [-0.05, 0) is 60.2 Å². The minimum absolute atomic E-state index is 0.0661. The lowest BCUT2D eigenvalue weighted by atomic mass is 10.2. The predicted octanol–water partition coefficient (Wildman–Crippen LogP) is 8.11. The maximum absolute atomic E-state index is 13.0. The number of halogens is 3. The molecule has 3 aromatic carbocycles. The van der Waals surface area contributed by atoms with E-state index < -0.39 is 4.92 Å². The fourth-order valence-electron chi connectivity index (χ4n) is 2.95. The summed E-state index contributed by atoms with van der Waals surface area (Å²) in [6, 6.07) is 16.6. The molecule has 11 heteroatoms. The maximum atomic E-state index is 13.0. The van der Waals surface area contributed by atoms with E-state index in [1.807, 2.05) is 0 Å². The molecule has 5 nitrogen and oxygen atoms in total. The zero-order chi connectivity index (χ0) is 23.7. The molecule has 0 spiro atoms. The van der Waals surface area contributed by atoms with E-state index in [2.05, 4.69) is 0 Å². The van der Waals surface area contributed by atoms with Crippen LogP contribution in [0.1, 0.15) is 5.56 Å². The number of benzene rings is 3. The Hall–Kier alpha value is -2.07. The molecule has 1 heterocycles. The van der Waals surface area contributed by atoms with E-state index in [0.29, 0.717) is 40.4 Å². The number of carbonyl (C=O) groups is 1. The van der Waals surface area contributed by atoms with Crippen LogP contribution in [0.15, 0.2) is 75.4 Å². The van der Waals surface area contributed by atoms with E-state index in [1.165, 1.54) is 22.7 Å². The molecule has 1 fully saturated rings. The number of hydrogen-bond acceptors (Lipinski definition) is 6. The first-order valence-electron chi connectivity index (χ1n) is 9.18. The Kier molecular flexibility index (Phi) is 7.33. The van der Waals surface area contributed by atoms with Gasteiger partial charge >= 0.3 is 0 Å². The molecule has 33 heavy (non-hydrogen) atoms. The quantitative estimate of drug-likeness (QED) is 0.138. The molecule has 3 aromatic rings. The van der Waals surface area contributed by atoms with Gasteiger partial charge in [0.2, 0.25) is 0 Å². The summed E-state index contributed by atoms with van der Waals surface area (Å²) in [5.74, 6) is -0.342. The van der Waals surface area contributed by atoms with Gasteiger partial charge in [0, 0.05) is 16.0 Å². The van der Waals surface area contributed by atoms with Crippen molar-refractivity contribution in [2.24, 2.45) is 0 Å². The molecular formula is C22H11Cl3N2O3S3. The number of anilines is 1. The first kappa shape index (κ1) is 24.1. The molecule has 0 atom stereocenters. The van der Waals surface area contributed by atoms with Gasteiger partial charge in [-0.2, -0.15) is 0 Å². The SMILES string of the molecule is O=C1/C(=C\c2ccc(Sc3ccc(Cl)cc3)c([N+](=O)[O-])c2)SC(=S)N1c1ccc(Cl)c(Cl)c1. The van der Waals surface area contributed by atoms with Gasteiger partial charge in [-0.3, -0.25) is 19.8 Å². The van der Waals surface area contributed by atoms with Gasteiger partial charge in [0.05, 0.1) is 30.5 Å². The van der Waals surface area contributed by atoms with Crippen LogP contribution in [-0.4, -0.2) is 15.2 Å². The van der Waals surface area contributed by atoms with Crippen molar-refractivity contribution in [3.63, 3.8) is 0 Å². The number of nitro groups is 1. The van der Waals surface area contributed by atoms with Crippen molar-refractivity contribution >= 4 is 98.2 Å². The number of hydrogen-bond donors (Lipinski definition) is 0. The highest BCUT2D eigenvalue weighted by Crippen LogP contribution is 2.40. The molecule has 0 aliphatic carbocycles. The van der Waals surface area contributed by atoms with E-state index in [1.54, 1.807) is 60.7 Å². The topological polar surface area (TPSA) is 63.4 Å². The normalized spacial score (nSPS) is 14.9. The smallest absolute Gasteiger partial charge is 0.268 e. The highest BCUT2D eigenvalue weighted by molar-refractivity contribution is 8.27. The maximum Gasteiger partial charge on any atom is 0.283 e. The number of amides is 1. The molecule has 0 radical (unpaired) electrons. The van der Waals surface area contributed by atoms with Gasteiger partial charge in [0.15, 0.2) is 4.32 Å². The first-order valence-corrected chi connectivity index (χ1v) is 12.4. The van der Waals surface area contributed by atoms with Crippen LogP contribution in [0.2, 0.25) is 15.1 Å². The van der Waals surface area contributed by atoms with Crippen LogP contribution in [0.3, 0.4) is 0 Å². The lowest BCUT2D eigenvalue weighted by Gasteiger charge is -2.15. The molecule has 0 aromatic heterocycles. The lowest BCUT2D eigenvalue weighted by Crippen LogP contribution is -2.27. The Morgan fingerprint density at radius 1 is 1.00 bits per heavy atom. The van der Waals surface area contributed by atoms with E-state index >= 15 is 0 Å². The standard InChI is InChI=1S/C22H11Cl3N2O3S3/c23-13-2-5-15(6-3-13)32-19-8-1-12(9-18(19)27(29)30)10-20-21(28)26(22(31)33-20)14-4-7-16(24)17(25)11-14/h1-11H/b20-10+. The van der Waals surface area contributed by atoms with Crippen molar-refractivity contribution in [3.8, 4) is 0 Å². The first-order chi connectivity index (χ1) is 15.7. The molecular weight excluding hydrogens is 543 g/mol. The van der Waals surface area contributed by atoms with Crippen LogP contribution in [0, 0.1) is 10.1 Å². The Morgan fingerprint density at radius 2 is 1.73 bits per heavy atom. The second-order valence-electron chi connectivity index (χ2n) is 6.66. The molecule has 0 N–H and O–H groups in total. The molecule has 0 bridgehead atoms. The number of thioether (sulfide) groups is 1. The minimum atomic E-state index is -0.448. The number of rotatable bonds is 5. The Balaban J connectivity index is 1.63. The van der Waals surface area contributed by atoms with Crippen LogP contribution in [0.25, 0.3) is 6.08 Å². The van der Waals surface area contributed by atoms with Crippen LogP contribution < -0.4 is 4.90 Å². The largest absolute Gasteiger partial charge is 0.283 e. The predicted molar refractivity (Wildman–Crippen MR) is 141 cm³/mol. The zero-order valence-electron chi connectivity index (χ0n) is 16.3. The van der Waals surface area contributed by atoms with Gasteiger partial charge < -0.3 is 0 Å². The molecule has 1 amide bonds. The fraction of sp³-hybridized carbons (Fsp3) is 0. The van der Waals surface area contributed by atoms with E-state index in [-0.39, 0.29) is 11.6 Å². The number of nitrogens with zero attached hydrogens (tertiary/aromatic N) is 2. The Bertz CT molecular complexity index is 1330. The van der Waals surface area contributed by atoms with E-state index in [4.69, 9.17) is 47.0 Å². The summed E-state index contributed by atoms with van der Waals surface area (Å²) in [6.45, 7) is 0. The highest BCUT2D eigenvalue weighted by atomic mass is 35.5. The van der Waals surface area contributed by atoms with Crippen molar-refractivity contribution < 1.29 is 9.72 Å². The van der Waals surface area contributed by atoms with Crippen molar-refractivity contribution in [2.45, 2.75) is 9.79 Å². The lowest BCUT2D eigenvalue weighted by molar-refractivity contribution is -0.387. The van der Waals surface area contributed by atoms with Crippen LogP contribution >= 0.6 is 70.5 Å². The monoisotopic (exact) mass is 552 g/mol. The van der Waals surface area contributed by atoms with Crippen LogP contribution in [0.4, 0.5) is 11.4 Å². The molecule has 4 rings (SSSR count). The van der Waals surface area contributed by atoms with E-state index in [0.717, 1.165) is 16.7 Å². The minimum Gasteiger partial charge on any atom is -0.268 e. The van der Waals surface area contributed by atoms with Crippen molar-refractivity contribution in [1.29, 1.82) is 0 Å². The Morgan fingerprint density at radius 3 is 2.39 bits per heavy atom. The summed E-state index contributed by atoms with van der Waals surface area (Å²) in [5, 5.41) is 12.9. The summed E-state index contributed by atoms with van der Waals surface area (Å²) < 4.78 is 0.328. The van der Waals surface area contributed by atoms with Gasteiger partial charge in [-0.1, -0.05) is 76.6 Å². The second-order valence-corrected chi connectivity index (χ2v) is 10.7. The molecule has 1 aliphatic rings. The van der Waals surface area contributed by atoms with Crippen LogP contribution in [0.5, 0.6) is 0 Å². The van der Waals surface area contributed by atoms with Gasteiger partial charge in [0.25, 0.3) is 11.6 Å². The molecule has 166 valence electrons. The third kappa shape index (κ3) is 5.37. The second kappa shape index (κ2) is 10.0. The van der Waals surface area contributed by atoms with Gasteiger partial charge in [-0.15, -0.1) is 0 Å². The summed E-state index contributed by atoms with van der Waals surface area (Å²) in [6.07, 6.45) is 1.58.